The number of carboxylic acid groups (broad SMARTS) is 1. The third-order valence-electron chi connectivity index (χ3n) is 4.88. The Hall–Kier alpha value is -1.84. The summed E-state index contributed by atoms with van der Waals surface area (Å²) in [6.45, 7) is 2.02. The van der Waals surface area contributed by atoms with Crippen molar-refractivity contribution in [3.8, 4) is 0 Å². The second-order valence-electron chi connectivity index (χ2n) is 6.66. The zero-order valence-corrected chi connectivity index (χ0v) is 13.0. The Balaban J connectivity index is 1.66. The standard InChI is InChI=1S/C18H23NO3/c1-12(18(21)22)11-19(15-8-9-15)17(20)10-14-7-6-13-4-2-3-5-16(13)14/h2-5,12,14-15H,6-11H2,1H3,(H,21,22)/t12-,14-/m0/s1. The Morgan fingerprint density at radius 2 is 2.00 bits per heavy atom. The van der Waals surface area contributed by atoms with Crippen molar-refractivity contribution in [2.24, 2.45) is 5.92 Å². The van der Waals surface area contributed by atoms with Gasteiger partial charge in [-0.25, -0.2) is 0 Å². The average molecular weight is 301 g/mol. The van der Waals surface area contributed by atoms with Gasteiger partial charge in [0.2, 0.25) is 5.91 Å². The van der Waals surface area contributed by atoms with Gasteiger partial charge < -0.3 is 10.0 Å². The Labute approximate surface area is 131 Å². The van der Waals surface area contributed by atoms with Gasteiger partial charge in [-0.15, -0.1) is 0 Å². The molecule has 1 amide bonds. The predicted molar refractivity (Wildman–Crippen MR) is 83.7 cm³/mol. The van der Waals surface area contributed by atoms with Crippen molar-refractivity contribution in [3.63, 3.8) is 0 Å². The SMILES string of the molecule is C[C@@H](CN(C(=O)C[C@@H]1CCc2ccccc21)C1CC1)C(=O)O. The molecule has 0 heterocycles. The van der Waals surface area contributed by atoms with Crippen LogP contribution in [0, 0.1) is 5.92 Å². The van der Waals surface area contributed by atoms with Crippen LogP contribution in [-0.4, -0.2) is 34.5 Å². The van der Waals surface area contributed by atoms with Gasteiger partial charge in [-0.2, -0.15) is 0 Å². The first kappa shape index (κ1) is 15.1. The van der Waals surface area contributed by atoms with Gasteiger partial charge in [0.05, 0.1) is 5.92 Å². The summed E-state index contributed by atoms with van der Waals surface area (Å²) < 4.78 is 0. The van der Waals surface area contributed by atoms with Gasteiger partial charge in [0.15, 0.2) is 0 Å². The first-order chi connectivity index (χ1) is 10.6. The summed E-state index contributed by atoms with van der Waals surface area (Å²) in [6, 6.07) is 8.62. The number of amides is 1. The zero-order valence-electron chi connectivity index (χ0n) is 13.0. The number of aryl methyl sites for hydroxylation is 1. The minimum Gasteiger partial charge on any atom is -0.481 e. The van der Waals surface area contributed by atoms with E-state index in [0.717, 1.165) is 25.7 Å². The molecule has 0 aromatic heterocycles. The smallest absolute Gasteiger partial charge is 0.308 e. The third-order valence-corrected chi connectivity index (χ3v) is 4.88. The monoisotopic (exact) mass is 301 g/mol. The molecule has 1 saturated carbocycles. The second kappa shape index (κ2) is 6.11. The predicted octanol–water partition coefficient (Wildman–Crippen LogP) is 2.82. The molecule has 0 radical (unpaired) electrons. The molecule has 3 rings (SSSR count). The van der Waals surface area contributed by atoms with Crippen LogP contribution in [0.1, 0.15) is 49.7 Å². The van der Waals surface area contributed by atoms with E-state index in [1.807, 2.05) is 17.0 Å². The van der Waals surface area contributed by atoms with Gasteiger partial charge in [0, 0.05) is 19.0 Å². The molecule has 22 heavy (non-hydrogen) atoms. The maximum absolute atomic E-state index is 12.7. The van der Waals surface area contributed by atoms with Crippen LogP contribution in [0.25, 0.3) is 0 Å². The van der Waals surface area contributed by atoms with E-state index in [1.165, 1.54) is 11.1 Å². The van der Waals surface area contributed by atoms with E-state index in [1.54, 1.807) is 6.92 Å². The van der Waals surface area contributed by atoms with E-state index >= 15 is 0 Å². The normalized spacial score (nSPS) is 21.2. The summed E-state index contributed by atoms with van der Waals surface area (Å²) in [4.78, 5) is 25.6. The van der Waals surface area contributed by atoms with Crippen LogP contribution in [0.3, 0.4) is 0 Å². The second-order valence-corrected chi connectivity index (χ2v) is 6.66. The maximum atomic E-state index is 12.7. The molecule has 0 spiro atoms. The van der Waals surface area contributed by atoms with Crippen molar-refractivity contribution < 1.29 is 14.7 Å². The van der Waals surface area contributed by atoms with E-state index < -0.39 is 11.9 Å². The molecule has 1 aromatic rings. The van der Waals surface area contributed by atoms with E-state index in [0.29, 0.717) is 18.9 Å². The molecule has 4 heteroatoms. The lowest BCUT2D eigenvalue weighted by atomic mass is 9.97. The van der Waals surface area contributed by atoms with Crippen LogP contribution in [-0.2, 0) is 16.0 Å². The highest BCUT2D eigenvalue weighted by Gasteiger charge is 2.36. The van der Waals surface area contributed by atoms with E-state index in [4.69, 9.17) is 5.11 Å². The van der Waals surface area contributed by atoms with Gasteiger partial charge in [-0.3, -0.25) is 9.59 Å². The molecule has 0 aliphatic heterocycles. The highest BCUT2D eigenvalue weighted by atomic mass is 16.4. The first-order valence-corrected chi connectivity index (χ1v) is 8.16. The van der Waals surface area contributed by atoms with E-state index in [9.17, 15) is 9.59 Å². The summed E-state index contributed by atoms with van der Waals surface area (Å²) in [6.07, 6.45) is 4.61. The fourth-order valence-corrected chi connectivity index (χ4v) is 3.40. The number of nitrogens with zero attached hydrogens (tertiary/aromatic N) is 1. The third kappa shape index (κ3) is 3.16. The molecule has 4 nitrogen and oxygen atoms in total. The number of fused-ring (bicyclic) bond motifs is 1. The number of hydrogen-bond acceptors (Lipinski definition) is 2. The van der Waals surface area contributed by atoms with Crippen molar-refractivity contribution in [1.82, 2.24) is 4.90 Å². The highest BCUT2D eigenvalue weighted by Crippen LogP contribution is 2.37. The largest absolute Gasteiger partial charge is 0.481 e. The molecule has 0 unspecified atom stereocenters. The number of carboxylic acids is 1. The molecule has 0 bridgehead atoms. The molecule has 2 aliphatic carbocycles. The molecule has 1 aromatic carbocycles. The Morgan fingerprint density at radius 3 is 2.68 bits per heavy atom. The highest BCUT2D eigenvalue weighted by molar-refractivity contribution is 5.79. The lowest BCUT2D eigenvalue weighted by Crippen LogP contribution is -2.39. The quantitative estimate of drug-likeness (QED) is 0.879. The molecular formula is C18H23NO3. The summed E-state index contributed by atoms with van der Waals surface area (Å²) in [5, 5.41) is 9.09. The minimum absolute atomic E-state index is 0.123. The fraction of sp³-hybridized carbons (Fsp3) is 0.556. The van der Waals surface area contributed by atoms with Crippen LogP contribution in [0.5, 0.6) is 0 Å². The fourth-order valence-electron chi connectivity index (χ4n) is 3.40. The van der Waals surface area contributed by atoms with Gasteiger partial charge in [0.25, 0.3) is 0 Å². The molecule has 118 valence electrons. The number of carbonyl (C=O) groups is 2. The minimum atomic E-state index is -0.829. The van der Waals surface area contributed by atoms with Crippen molar-refractivity contribution >= 4 is 11.9 Å². The maximum Gasteiger partial charge on any atom is 0.308 e. The average Bonchev–Trinajstić information content (AvgIpc) is 3.26. The zero-order chi connectivity index (χ0) is 15.7. The van der Waals surface area contributed by atoms with Gasteiger partial charge >= 0.3 is 5.97 Å². The van der Waals surface area contributed by atoms with E-state index in [-0.39, 0.29) is 11.9 Å². The van der Waals surface area contributed by atoms with Gasteiger partial charge in [-0.05, 0) is 42.7 Å². The number of hydrogen-bond donors (Lipinski definition) is 1. The summed E-state index contributed by atoms with van der Waals surface area (Å²) >= 11 is 0. The summed E-state index contributed by atoms with van der Waals surface area (Å²) in [5.41, 5.74) is 2.66. The Morgan fingerprint density at radius 1 is 1.27 bits per heavy atom. The topological polar surface area (TPSA) is 57.6 Å². The van der Waals surface area contributed by atoms with Gasteiger partial charge in [-0.1, -0.05) is 31.2 Å². The summed E-state index contributed by atoms with van der Waals surface area (Å²) in [7, 11) is 0. The van der Waals surface area contributed by atoms with Crippen LogP contribution >= 0.6 is 0 Å². The molecule has 1 N–H and O–H groups in total. The number of benzene rings is 1. The van der Waals surface area contributed by atoms with Crippen LogP contribution in [0.15, 0.2) is 24.3 Å². The Bertz CT molecular complexity index is 579. The molecular weight excluding hydrogens is 278 g/mol. The Kier molecular flexibility index (Phi) is 4.19. The number of aliphatic carboxylic acids is 1. The lowest BCUT2D eigenvalue weighted by molar-refractivity contribution is -0.143. The van der Waals surface area contributed by atoms with Crippen molar-refractivity contribution in [3.05, 3.63) is 35.4 Å². The van der Waals surface area contributed by atoms with E-state index in [2.05, 4.69) is 12.1 Å². The molecule has 2 aliphatic rings. The molecule has 1 fully saturated rings. The first-order valence-electron chi connectivity index (χ1n) is 8.16. The number of carbonyl (C=O) groups excluding carboxylic acids is 1. The molecule has 0 saturated heterocycles. The van der Waals surface area contributed by atoms with Crippen molar-refractivity contribution in [2.45, 2.75) is 51.0 Å². The summed E-state index contributed by atoms with van der Waals surface area (Å²) in [5.74, 6) is -0.910. The van der Waals surface area contributed by atoms with Crippen LogP contribution in [0.4, 0.5) is 0 Å². The van der Waals surface area contributed by atoms with Gasteiger partial charge in [0.1, 0.15) is 0 Å². The number of rotatable bonds is 6. The van der Waals surface area contributed by atoms with Crippen LogP contribution < -0.4 is 0 Å². The van der Waals surface area contributed by atoms with Crippen molar-refractivity contribution in [2.75, 3.05) is 6.54 Å². The van der Waals surface area contributed by atoms with Crippen LogP contribution in [0.2, 0.25) is 0 Å². The van der Waals surface area contributed by atoms with Crippen molar-refractivity contribution in [1.29, 1.82) is 0 Å². The molecule has 2 atom stereocenters. The lowest BCUT2D eigenvalue weighted by Gasteiger charge is -2.26.